The number of nitrogens with zero attached hydrogens (tertiary/aromatic N) is 1. The Hall–Kier alpha value is -2.26. The van der Waals surface area contributed by atoms with Crippen molar-refractivity contribution in [1.82, 2.24) is 9.88 Å². The number of phenolic OH excluding ortho intramolecular Hbond substituents is 1. The topological polar surface area (TPSA) is 39.3 Å². The number of piperidine rings is 1. The summed E-state index contributed by atoms with van der Waals surface area (Å²) in [6.07, 6.45) is 6.14. The van der Waals surface area contributed by atoms with Gasteiger partial charge < -0.3 is 15.0 Å². The molecule has 3 aromatic rings. The van der Waals surface area contributed by atoms with Gasteiger partial charge in [0, 0.05) is 29.7 Å². The van der Waals surface area contributed by atoms with Crippen molar-refractivity contribution in [2.24, 2.45) is 5.92 Å². The van der Waals surface area contributed by atoms with Crippen LogP contribution in [0.15, 0.2) is 48.5 Å². The van der Waals surface area contributed by atoms with Crippen LogP contribution in [0.2, 0.25) is 0 Å². The lowest BCUT2D eigenvalue weighted by Gasteiger charge is -2.36. The molecule has 3 heteroatoms. The molecule has 2 aromatic carbocycles. The summed E-state index contributed by atoms with van der Waals surface area (Å²) in [6.45, 7) is 3.64. The molecule has 27 heavy (non-hydrogen) atoms. The maximum absolute atomic E-state index is 9.89. The molecule has 0 radical (unpaired) electrons. The second-order valence-electron chi connectivity index (χ2n) is 8.43. The summed E-state index contributed by atoms with van der Waals surface area (Å²) in [5.74, 6) is 1.77. The van der Waals surface area contributed by atoms with Gasteiger partial charge in [-0.05, 0) is 79.8 Å². The molecule has 1 aromatic heterocycles. The fraction of sp³-hybridized carbons (Fsp3) is 0.417. The third-order valence-electron chi connectivity index (χ3n) is 6.57. The van der Waals surface area contributed by atoms with E-state index < -0.39 is 0 Å². The molecule has 2 heterocycles. The number of phenols is 1. The Morgan fingerprint density at radius 1 is 1.07 bits per heavy atom. The number of fused-ring (bicyclic) bond motifs is 3. The molecule has 0 bridgehead atoms. The number of aromatic hydroxyl groups is 1. The molecule has 0 amide bonds. The Bertz CT molecular complexity index is 930. The van der Waals surface area contributed by atoms with E-state index in [9.17, 15) is 5.11 Å². The van der Waals surface area contributed by atoms with Gasteiger partial charge in [0.2, 0.25) is 0 Å². The van der Waals surface area contributed by atoms with E-state index in [0.29, 0.717) is 17.6 Å². The van der Waals surface area contributed by atoms with Crippen molar-refractivity contribution in [1.29, 1.82) is 0 Å². The lowest BCUT2D eigenvalue weighted by Crippen LogP contribution is -2.39. The monoisotopic (exact) mass is 360 g/mol. The Morgan fingerprint density at radius 2 is 1.96 bits per heavy atom. The Balaban J connectivity index is 1.29. The van der Waals surface area contributed by atoms with E-state index in [0.717, 1.165) is 12.8 Å². The first-order chi connectivity index (χ1) is 13.3. The van der Waals surface area contributed by atoms with Crippen molar-refractivity contribution in [3.8, 4) is 5.75 Å². The van der Waals surface area contributed by atoms with Gasteiger partial charge in [0.15, 0.2) is 0 Å². The van der Waals surface area contributed by atoms with E-state index in [2.05, 4.69) is 40.2 Å². The van der Waals surface area contributed by atoms with Crippen LogP contribution < -0.4 is 0 Å². The third kappa shape index (κ3) is 3.37. The quantitative estimate of drug-likeness (QED) is 0.700. The molecule has 1 aliphatic carbocycles. The molecule has 2 unspecified atom stereocenters. The summed E-state index contributed by atoms with van der Waals surface area (Å²) < 4.78 is 0. The van der Waals surface area contributed by atoms with Crippen molar-refractivity contribution in [2.75, 3.05) is 19.6 Å². The van der Waals surface area contributed by atoms with Gasteiger partial charge in [0.05, 0.1) is 0 Å². The Kier molecular flexibility index (Phi) is 4.41. The van der Waals surface area contributed by atoms with Crippen molar-refractivity contribution in [3.63, 3.8) is 0 Å². The number of aromatic nitrogens is 1. The van der Waals surface area contributed by atoms with Crippen molar-refractivity contribution >= 4 is 10.9 Å². The minimum Gasteiger partial charge on any atom is -0.508 e. The molecular formula is C24H28N2O. The first-order valence-corrected chi connectivity index (χ1v) is 10.4. The maximum Gasteiger partial charge on any atom is 0.116 e. The summed E-state index contributed by atoms with van der Waals surface area (Å²) in [6, 6.07) is 16.8. The van der Waals surface area contributed by atoms with Crippen LogP contribution in [-0.4, -0.2) is 34.6 Å². The second-order valence-corrected chi connectivity index (χ2v) is 8.43. The molecule has 2 atom stereocenters. The molecule has 3 nitrogen and oxygen atoms in total. The number of hydrogen-bond donors (Lipinski definition) is 2. The fourth-order valence-electron chi connectivity index (χ4n) is 5.22. The predicted octanol–water partition coefficient (Wildman–Crippen LogP) is 4.86. The van der Waals surface area contributed by atoms with Gasteiger partial charge in [-0.3, -0.25) is 0 Å². The van der Waals surface area contributed by atoms with Crippen LogP contribution >= 0.6 is 0 Å². The molecule has 0 spiro atoms. The third-order valence-corrected chi connectivity index (χ3v) is 6.57. The zero-order valence-corrected chi connectivity index (χ0v) is 15.8. The highest BCUT2D eigenvalue weighted by molar-refractivity contribution is 5.86. The molecule has 5 rings (SSSR count). The van der Waals surface area contributed by atoms with Crippen molar-refractivity contribution < 1.29 is 5.11 Å². The van der Waals surface area contributed by atoms with Gasteiger partial charge in [0.1, 0.15) is 5.75 Å². The zero-order chi connectivity index (χ0) is 18.2. The number of aromatic amines is 1. The number of likely N-dealkylation sites (tertiary alicyclic amines) is 1. The molecule has 2 N–H and O–H groups in total. The highest BCUT2D eigenvalue weighted by Crippen LogP contribution is 2.35. The number of rotatable bonds is 3. The maximum atomic E-state index is 9.89. The van der Waals surface area contributed by atoms with Gasteiger partial charge >= 0.3 is 0 Å². The number of nitrogens with one attached hydrogen (secondary N) is 1. The van der Waals surface area contributed by atoms with Gasteiger partial charge in [-0.15, -0.1) is 0 Å². The predicted molar refractivity (Wildman–Crippen MR) is 110 cm³/mol. The summed E-state index contributed by atoms with van der Waals surface area (Å²) in [5.41, 5.74) is 5.49. The second kappa shape index (κ2) is 7.05. The Labute approximate surface area is 161 Å². The fourth-order valence-corrected chi connectivity index (χ4v) is 5.22. The summed E-state index contributed by atoms with van der Waals surface area (Å²) in [7, 11) is 0. The van der Waals surface area contributed by atoms with Crippen LogP contribution in [0.1, 0.15) is 42.0 Å². The molecule has 1 fully saturated rings. The van der Waals surface area contributed by atoms with E-state index in [1.54, 1.807) is 6.07 Å². The smallest absolute Gasteiger partial charge is 0.116 e. The first-order valence-electron chi connectivity index (χ1n) is 10.4. The van der Waals surface area contributed by atoms with E-state index in [1.165, 1.54) is 66.6 Å². The van der Waals surface area contributed by atoms with Gasteiger partial charge in [0.25, 0.3) is 0 Å². The van der Waals surface area contributed by atoms with E-state index in [4.69, 9.17) is 0 Å². The SMILES string of the molecule is Oc1ccc2[nH]c3c(c2c1)CC(CN1CCCC(c2ccccc2)C1)CC3. The molecule has 140 valence electrons. The summed E-state index contributed by atoms with van der Waals surface area (Å²) in [5, 5.41) is 11.1. The van der Waals surface area contributed by atoms with Crippen LogP contribution in [0, 0.1) is 5.92 Å². The van der Waals surface area contributed by atoms with E-state index >= 15 is 0 Å². The van der Waals surface area contributed by atoms with Crippen LogP contribution in [0.3, 0.4) is 0 Å². The molecule has 1 aliphatic heterocycles. The standard InChI is InChI=1S/C24H28N2O/c27-20-9-11-24-22(14-20)21-13-17(8-10-23(21)25-24)15-26-12-4-7-19(16-26)18-5-2-1-3-6-18/h1-3,5-6,9,11,14,17,19,25,27H,4,7-8,10,12-13,15-16H2. The lowest BCUT2D eigenvalue weighted by molar-refractivity contribution is 0.172. The lowest BCUT2D eigenvalue weighted by atomic mass is 9.84. The van der Waals surface area contributed by atoms with Gasteiger partial charge in [-0.2, -0.15) is 0 Å². The highest BCUT2D eigenvalue weighted by atomic mass is 16.3. The summed E-state index contributed by atoms with van der Waals surface area (Å²) in [4.78, 5) is 6.27. The molecule has 1 saturated heterocycles. The van der Waals surface area contributed by atoms with E-state index in [-0.39, 0.29) is 0 Å². The largest absolute Gasteiger partial charge is 0.508 e. The van der Waals surface area contributed by atoms with Crippen molar-refractivity contribution in [3.05, 3.63) is 65.4 Å². The minimum absolute atomic E-state index is 0.369. The molecular weight excluding hydrogens is 332 g/mol. The average molecular weight is 361 g/mol. The molecule has 0 saturated carbocycles. The van der Waals surface area contributed by atoms with Crippen molar-refractivity contribution in [2.45, 2.75) is 38.0 Å². The summed E-state index contributed by atoms with van der Waals surface area (Å²) >= 11 is 0. The van der Waals surface area contributed by atoms with Gasteiger partial charge in [-0.1, -0.05) is 30.3 Å². The average Bonchev–Trinajstić information content (AvgIpc) is 3.06. The van der Waals surface area contributed by atoms with Crippen LogP contribution in [-0.2, 0) is 12.8 Å². The minimum atomic E-state index is 0.369. The van der Waals surface area contributed by atoms with Gasteiger partial charge in [-0.25, -0.2) is 0 Å². The zero-order valence-electron chi connectivity index (χ0n) is 15.8. The van der Waals surface area contributed by atoms with Crippen LogP contribution in [0.5, 0.6) is 5.75 Å². The normalized spacial score (nSPS) is 23.4. The number of benzene rings is 2. The van der Waals surface area contributed by atoms with Crippen LogP contribution in [0.4, 0.5) is 0 Å². The van der Waals surface area contributed by atoms with E-state index in [1.807, 2.05) is 12.1 Å². The molecule has 2 aliphatic rings. The Morgan fingerprint density at radius 3 is 2.85 bits per heavy atom. The number of H-pyrrole nitrogens is 1. The first kappa shape index (κ1) is 16.9. The van der Waals surface area contributed by atoms with Crippen LogP contribution in [0.25, 0.3) is 10.9 Å². The number of aryl methyl sites for hydroxylation is 1. The number of hydrogen-bond acceptors (Lipinski definition) is 2. The highest BCUT2D eigenvalue weighted by Gasteiger charge is 2.27.